The minimum absolute atomic E-state index is 0.659. The van der Waals surface area contributed by atoms with Gasteiger partial charge < -0.3 is 0 Å². The lowest BCUT2D eigenvalue weighted by Crippen LogP contribution is -2.00. The largest absolute Gasteiger partial charge is 0.208 e. The molecule has 6 aromatic carbocycles. The molecule has 192 valence electrons. The minimum Gasteiger partial charge on any atom is -0.208 e. The van der Waals surface area contributed by atoms with E-state index in [1.807, 2.05) is 47.7 Å². The van der Waals surface area contributed by atoms with E-state index in [2.05, 4.69) is 103 Å². The van der Waals surface area contributed by atoms with E-state index in [1.54, 1.807) is 0 Å². The van der Waals surface area contributed by atoms with Crippen molar-refractivity contribution in [2.45, 2.75) is 0 Å². The van der Waals surface area contributed by atoms with Crippen LogP contribution in [0.25, 0.3) is 76.2 Å². The molecule has 0 aliphatic carbocycles. The molecule has 0 aliphatic rings. The maximum atomic E-state index is 5.02. The monoisotopic (exact) mass is 541 g/mol. The predicted molar refractivity (Wildman–Crippen MR) is 172 cm³/mol. The summed E-state index contributed by atoms with van der Waals surface area (Å²) in [5.41, 5.74) is 5.18. The van der Waals surface area contributed by atoms with Gasteiger partial charge in [0.2, 0.25) is 0 Å². The molecule has 3 nitrogen and oxygen atoms in total. The highest BCUT2D eigenvalue weighted by atomic mass is 32.1. The number of benzene rings is 6. The minimum atomic E-state index is 0.659. The average molecular weight is 542 g/mol. The topological polar surface area (TPSA) is 38.7 Å². The Bertz CT molecular complexity index is 2200. The second kappa shape index (κ2) is 9.77. The summed E-state index contributed by atoms with van der Waals surface area (Å²) < 4.78 is 2.63. The van der Waals surface area contributed by atoms with Gasteiger partial charge in [-0.05, 0) is 40.1 Å². The third kappa shape index (κ3) is 4.26. The van der Waals surface area contributed by atoms with Gasteiger partial charge >= 0.3 is 0 Å². The van der Waals surface area contributed by atoms with Gasteiger partial charge in [-0.2, -0.15) is 0 Å². The van der Waals surface area contributed by atoms with Crippen molar-refractivity contribution < 1.29 is 0 Å². The van der Waals surface area contributed by atoms with Gasteiger partial charge in [-0.15, -0.1) is 11.3 Å². The summed E-state index contributed by atoms with van der Waals surface area (Å²) in [5, 5.41) is 5.04. The normalized spacial score (nSPS) is 11.4. The second-order valence-electron chi connectivity index (χ2n) is 10.1. The lowest BCUT2D eigenvalue weighted by atomic mass is 10.0. The van der Waals surface area contributed by atoms with Crippen molar-refractivity contribution in [3.63, 3.8) is 0 Å². The lowest BCUT2D eigenvalue weighted by molar-refractivity contribution is 1.07. The predicted octanol–water partition coefficient (Wildman–Crippen LogP) is 10.1. The van der Waals surface area contributed by atoms with Crippen molar-refractivity contribution in [1.29, 1.82) is 0 Å². The van der Waals surface area contributed by atoms with Crippen LogP contribution in [0.2, 0.25) is 0 Å². The van der Waals surface area contributed by atoms with Crippen LogP contribution in [0.15, 0.2) is 140 Å². The summed E-state index contributed by atoms with van der Waals surface area (Å²) in [6.07, 6.45) is 0. The smallest absolute Gasteiger partial charge is 0.164 e. The highest BCUT2D eigenvalue weighted by Crippen LogP contribution is 2.39. The van der Waals surface area contributed by atoms with E-state index in [1.165, 1.54) is 30.9 Å². The molecule has 2 aromatic heterocycles. The molecule has 0 fully saturated rings. The van der Waals surface area contributed by atoms with E-state index in [9.17, 15) is 0 Å². The fourth-order valence-corrected chi connectivity index (χ4v) is 6.71. The molecular formula is C37H23N3S. The van der Waals surface area contributed by atoms with Crippen LogP contribution in [0, 0.1) is 0 Å². The number of fused-ring (bicyclic) bond motifs is 5. The number of nitrogens with zero attached hydrogens (tertiary/aromatic N) is 3. The molecule has 0 aliphatic heterocycles. The van der Waals surface area contributed by atoms with Crippen LogP contribution in [0.3, 0.4) is 0 Å². The van der Waals surface area contributed by atoms with Crippen molar-refractivity contribution in [3.05, 3.63) is 140 Å². The fourth-order valence-electron chi connectivity index (χ4n) is 5.47. The third-order valence-corrected chi connectivity index (χ3v) is 8.73. The van der Waals surface area contributed by atoms with E-state index in [0.717, 1.165) is 27.8 Å². The first-order valence-electron chi connectivity index (χ1n) is 13.6. The van der Waals surface area contributed by atoms with Crippen LogP contribution in [0.4, 0.5) is 0 Å². The van der Waals surface area contributed by atoms with E-state index < -0.39 is 0 Å². The van der Waals surface area contributed by atoms with Gasteiger partial charge in [0.1, 0.15) is 0 Å². The zero-order chi connectivity index (χ0) is 27.2. The van der Waals surface area contributed by atoms with Crippen molar-refractivity contribution in [1.82, 2.24) is 15.0 Å². The summed E-state index contributed by atoms with van der Waals surface area (Å²) >= 11 is 1.85. The molecular weight excluding hydrogens is 518 g/mol. The first-order chi connectivity index (χ1) is 20.3. The maximum Gasteiger partial charge on any atom is 0.164 e. The number of rotatable bonds is 4. The Hall–Kier alpha value is -5.19. The van der Waals surface area contributed by atoms with Crippen LogP contribution >= 0.6 is 11.3 Å². The highest BCUT2D eigenvalue weighted by molar-refractivity contribution is 7.26. The Labute approximate surface area is 241 Å². The van der Waals surface area contributed by atoms with Gasteiger partial charge in [0.25, 0.3) is 0 Å². The molecule has 0 spiro atoms. The SMILES string of the molecule is c1ccc(-c2cccc(-c3nc(-c4ccccc4)nc(-c4ccc5c(ccc6c7ccccc7sc56)c4)n3)c2)cc1. The molecule has 2 heterocycles. The third-order valence-electron chi connectivity index (χ3n) is 7.51. The van der Waals surface area contributed by atoms with Crippen molar-refractivity contribution in [3.8, 4) is 45.3 Å². The second-order valence-corrected chi connectivity index (χ2v) is 11.1. The molecule has 0 saturated heterocycles. The Morgan fingerprint density at radius 2 is 0.951 bits per heavy atom. The Balaban J connectivity index is 1.29. The molecule has 8 rings (SSSR count). The number of hydrogen-bond donors (Lipinski definition) is 0. The van der Waals surface area contributed by atoms with Crippen LogP contribution < -0.4 is 0 Å². The highest BCUT2D eigenvalue weighted by Gasteiger charge is 2.14. The van der Waals surface area contributed by atoms with E-state index in [4.69, 9.17) is 15.0 Å². The van der Waals surface area contributed by atoms with E-state index in [0.29, 0.717) is 17.5 Å². The van der Waals surface area contributed by atoms with Gasteiger partial charge in [0.05, 0.1) is 0 Å². The van der Waals surface area contributed by atoms with Gasteiger partial charge in [-0.3, -0.25) is 0 Å². The molecule has 0 unspecified atom stereocenters. The zero-order valence-electron chi connectivity index (χ0n) is 22.0. The molecule has 0 bridgehead atoms. The first kappa shape index (κ1) is 23.7. The summed E-state index contributed by atoms with van der Waals surface area (Å²) in [4.78, 5) is 14.9. The quantitative estimate of drug-likeness (QED) is 0.222. The molecule has 4 heteroatoms. The van der Waals surface area contributed by atoms with Gasteiger partial charge in [-0.25, -0.2) is 15.0 Å². The summed E-state index contributed by atoms with van der Waals surface area (Å²) in [5.74, 6) is 1.99. The van der Waals surface area contributed by atoms with Crippen LogP contribution in [0.5, 0.6) is 0 Å². The Morgan fingerprint density at radius 1 is 0.366 bits per heavy atom. The Kier molecular flexibility index (Phi) is 5.64. The lowest BCUT2D eigenvalue weighted by Gasteiger charge is -2.10. The average Bonchev–Trinajstić information content (AvgIpc) is 3.44. The van der Waals surface area contributed by atoms with E-state index in [-0.39, 0.29) is 0 Å². The Morgan fingerprint density at radius 3 is 1.73 bits per heavy atom. The van der Waals surface area contributed by atoms with Crippen molar-refractivity contribution in [2.24, 2.45) is 0 Å². The maximum absolute atomic E-state index is 5.02. The molecule has 0 radical (unpaired) electrons. The standard InChI is InChI=1S/C37H23N3S/c1-3-10-24(11-4-1)26-14-9-15-28(22-26)36-38-35(25-12-5-2-6-13-25)39-37(40-36)29-19-20-30-27(23-29)18-21-32-31-16-7-8-17-33(31)41-34(30)32/h1-23H. The van der Waals surface area contributed by atoms with Crippen LogP contribution in [-0.2, 0) is 0 Å². The molecule has 8 aromatic rings. The molecule has 0 atom stereocenters. The van der Waals surface area contributed by atoms with Gasteiger partial charge in [-0.1, -0.05) is 121 Å². The summed E-state index contributed by atoms with van der Waals surface area (Å²) in [6.45, 7) is 0. The van der Waals surface area contributed by atoms with E-state index >= 15 is 0 Å². The fraction of sp³-hybridized carbons (Fsp3) is 0. The number of aromatic nitrogens is 3. The summed E-state index contributed by atoms with van der Waals surface area (Å²) in [7, 11) is 0. The van der Waals surface area contributed by atoms with Crippen LogP contribution in [-0.4, -0.2) is 15.0 Å². The van der Waals surface area contributed by atoms with Gasteiger partial charge in [0.15, 0.2) is 17.5 Å². The van der Waals surface area contributed by atoms with Crippen molar-refractivity contribution in [2.75, 3.05) is 0 Å². The zero-order valence-corrected chi connectivity index (χ0v) is 22.8. The first-order valence-corrected chi connectivity index (χ1v) is 14.4. The molecule has 0 saturated carbocycles. The number of hydrogen-bond acceptors (Lipinski definition) is 4. The van der Waals surface area contributed by atoms with Crippen LogP contribution in [0.1, 0.15) is 0 Å². The molecule has 0 amide bonds. The molecule has 41 heavy (non-hydrogen) atoms. The molecule has 0 N–H and O–H groups in total. The van der Waals surface area contributed by atoms with Crippen molar-refractivity contribution >= 4 is 42.3 Å². The van der Waals surface area contributed by atoms with Gasteiger partial charge in [0, 0.05) is 36.9 Å². The summed E-state index contributed by atoms with van der Waals surface area (Å²) in [6, 6.07) is 48.6. The number of thiophene rings is 1.